The summed E-state index contributed by atoms with van der Waals surface area (Å²) in [5.41, 5.74) is 2.48. The summed E-state index contributed by atoms with van der Waals surface area (Å²) in [6.07, 6.45) is 1.88. The van der Waals surface area contributed by atoms with Gasteiger partial charge in [-0.2, -0.15) is 0 Å². The fourth-order valence-corrected chi connectivity index (χ4v) is 4.55. The van der Waals surface area contributed by atoms with Crippen molar-refractivity contribution < 1.29 is 9.59 Å². The van der Waals surface area contributed by atoms with Crippen molar-refractivity contribution in [1.29, 1.82) is 0 Å². The van der Waals surface area contributed by atoms with E-state index in [4.69, 9.17) is 23.2 Å². The second-order valence-electron chi connectivity index (χ2n) is 6.73. The van der Waals surface area contributed by atoms with Crippen molar-refractivity contribution in [1.82, 2.24) is 5.32 Å². The third-order valence-corrected chi connectivity index (χ3v) is 6.59. The molecule has 5 nitrogen and oxygen atoms in total. The van der Waals surface area contributed by atoms with Crippen LogP contribution in [0.5, 0.6) is 0 Å². The number of thioether (sulfide) groups is 1. The number of amides is 2. The maximum absolute atomic E-state index is 13.1. The van der Waals surface area contributed by atoms with Gasteiger partial charge in [-0.25, -0.2) is 4.90 Å². The van der Waals surface area contributed by atoms with Gasteiger partial charge in [-0.1, -0.05) is 41.4 Å². The first-order valence-corrected chi connectivity index (χ1v) is 11.0. The minimum absolute atomic E-state index is 0.188. The van der Waals surface area contributed by atoms with Gasteiger partial charge in [-0.05, 0) is 35.9 Å². The lowest BCUT2D eigenvalue weighted by molar-refractivity contribution is -0.123. The Hall–Kier alpha value is -1.99. The summed E-state index contributed by atoms with van der Waals surface area (Å²) in [6, 6.07) is 12.8. The number of piperazine rings is 1. The number of anilines is 2. The summed E-state index contributed by atoms with van der Waals surface area (Å²) in [6.45, 7) is 3.68. The van der Waals surface area contributed by atoms with E-state index in [-0.39, 0.29) is 17.6 Å². The Bertz CT molecular complexity index is 990. The molecule has 0 spiro atoms. The monoisotopic (exact) mass is 447 g/mol. The molecule has 0 bridgehead atoms. The summed E-state index contributed by atoms with van der Waals surface area (Å²) >= 11 is 13.3. The summed E-state index contributed by atoms with van der Waals surface area (Å²) in [4.78, 5) is 29.6. The molecule has 2 aromatic carbocycles. The fourth-order valence-electron chi connectivity index (χ4n) is 3.42. The Kier molecular flexibility index (Phi) is 6.15. The van der Waals surface area contributed by atoms with Crippen LogP contribution in [0.2, 0.25) is 10.0 Å². The van der Waals surface area contributed by atoms with Gasteiger partial charge in [-0.15, -0.1) is 11.8 Å². The van der Waals surface area contributed by atoms with Gasteiger partial charge in [0.25, 0.3) is 5.91 Å². The zero-order valence-corrected chi connectivity index (χ0v) is 17.9. The summed E-state index contributed by atoms with van der Waals surface area (Å²) < 4.78 is 0. The van der Waals surface area contributed by atoms with Gasteiger partial charge in [0.2, 0.25) is 5.91 Å². The van der Waals surface area contributed by atoms with Gasteiger partial charge >= 0.3 is 0 Å². The molecule has 2 aliphatic rings. The largest absolute Gasteiger partial charge is 0.369 e. The van der Waals surface area contributed by atoms with Crippen LogP contribution in [0.25, 0.3) is 6.08 Å². The highest BCUT2D eigenvalue weighted by atomic mass is 35.5. The van der Waals surface area contributed by atoms with Gasteiger partial charge in [0.05, 0.1) is 26.4 Å². The average molecular weight is 448 g/mol. The number of para-hydroxylation sites is 1. The standard InChI is InChI=1S/C21H19Cl2N3O2S/c22-16-6-5-15(12-17(16)23)26-20(27)13-29-19(21(26)28)11-14-3-1-2-4-18(14)25-9-7-24-8-10-25/h1-6,11-12,24H,7-10,13H2. The van der Waals surface area contributed by atoms with E-state index in [0.717, 1.165) is 37.4 Å². The lowest BCUT2D eigenvalue weighted by Crippen LogP contribution is -2.44. The molecule has 2 fully saturated rings. The predicted octanol–water partition coefficient (Wildman–Crippen LogP) is 4.05. The minimum Gasteiger partial charge on any atom is -0.369 e. The third kappa shape index (κ3) is 4.31. The molecule has 2 amide bonds. The van der Waals surface area contributed by atoms with Crippen molar-refractivity contribution >= 4 is 64.2 Å². The van der Waals surface area contributed by atoms with Gasteiger partial charge in [0, 0.05) is 31.9 Å². The van der Waals surface area contributed by atoms with Gasteiger partial charge in [0.15, 0.2) is 0 Å². The van der Waals surface area contributed by atoms with Crippen LogP contribution in [0.4, 0.5) is 11.4 Å². The molecular weight excluding hydrogens is 429 g/mol. The first-order valence-electron chi connectivity index (χ1n) is 9.26. The molecule has 2 aromatic rings. The Morgan fingerprint density at radius 2 is 1.76 bits per heavy atom. The Labute approximate surface area is 183 Å². The molecule has 0 atom stereocenters. The van der Waals surface area contributed by atoms with E-state index in [9.17, 15) is 9.59 Å². The molecule has 0 unspecified atom stereocenters. The minimum atomic E-state index is -0.347. The lowest BCUT2D eigenvalue weighted by atomic mass is 10.1. The molecule has 1 N–H and O–H groups in total. The number of carbonyl (C=O) groups is 2. The van der Waals surface area contributed by atoms with Crippen LogP contribution < -0.4 is 15.1 Å². The maximum atomic E-state index is 13.1. The number of benzene rings is 2. The van der Waals surface area contributed by atoms with Crippen LogP contribution in [0.3, 0.4) is 0 Å². The summed E-state index contributed by atoms with van der Waals surface area (Å²) in [5, 5.41) is 4.03. The highest BCUT2D eigenvalue weighted by Crippen LogP contribution is 2.34. The molecule has 150 valence electrons. The molecule has 2 saturated heterocycles. The van der Waals surface area contributed by atoms with Crippen molar-refractivity contribution in [3.05, 3.63) is 63.0 Å². The Balaban J connectivity index is 1.67. The van der Waals surface area contributed by atoms with Crippen LogP contribution in [0, 0.1) is 0 Å². The van der Waals surface area contributed by atoms with E-state index >= 15 is 0 Å². The maximum Gasteiger partial charge on any atom is 0.271 e. The number of hydrogen-bond donors (Lipinski definition) is 1. The first kappa shape index (κ1) is 20.3. The van der Waals surface area contributed by atoms with E-state index in [1.807, 2.05) is 24.3 Å². The normalized spacial score (nSPS) is 19.2. The number of halogens is 2. The Morgan fingerprint density at radius 1 is 1.00 bits per heavy atom. The number of hydrogen-bond acceptors (Lipinski definition) is 5. The fraction of sp³-hybridized carbons (Fsp3) is 0.238. The molecule has 2 heterocycles. The van der Waals surface area contributed by atoms with Crippen LogP contribution in [-0.2, 0) is 9.59 Å². The molecule has 4 rings (SSSR count). The summed E-state index contributed by atoms with van der Waals surface area (Å²) in [5.74, 6) is -0.432. The molecular formula is C21H19Cl2N3O2S. The number of carbonyl (C=O) groups excluding carboxylic acids is 2. The number of nitrogens with one attached hydrogen (secondary N) is 1. The van der Waals surface area contributed by atoms with E-state index in [1.165, 1.54) is 16.7 Å². The second-order valence-corrected chi connectivity index (χ2v) is 8.56. The van der Waals surface area contributed by atoms with Crippen molar-refractivity contribution in [3.63, 3.8) is 0 Å². The van der Waals surface area contributed by atoms with E-state index in [1.54, 1.807) is 18.2 Å². The molecule has 2 aliphatic heterocycles. The zero-order valence-electron chi connectivity index (χ0n) is 15.5. The van der Waals surface area contributed by atoms with Crippen molar-refractivity contribution in [3.8, 4) is 0 Å². The highest BCUT2D eigenvalue weighted by molar-refractivity contribution is 8.05. The van der Waals surface area contributed by atoms with Gasteiger partial charge in [-0.3, -0.25) is 9.59 Å². The average Bonchev–Trinajstić information content (AvgIpc) is 2.74. The third-order valence-electron chi connectivity index (χ3n) is 4.86. The highest BCUT2D eigenvalue weighted by Gasteiger charge is 2.32. The number of nitrogens with zero attached hydrogens (tertiary/aromatic N) is 2. The van der Waals surface area contributed by atoms with Crippen LogP contribution >= 0.6 is 35.0 Å². The topological polar surface area (TPSA) is 52.7 Å². The quantitative estimate of drug-likeness (QED) is 0.567. The van der Waals surface area contributed by atoms with E-state index < -0.39 is 0 Å². The first-order chi connectivity index (χ1) is 14.0. The Morgan fingerprint density at radius 3 is 2.52 bits per heavy atom. The van der Waals surface area contributed by atoms with Crippen molar-refractivity contribution in [2.45, 2.75) is 0 Å². The van der Waals surface area contributed by atoms with Crippen molar-refractivity contribution in [2.75, 3.05) is 41.7 Å². The molecule has 0 aliphatic carbocycles. The van der Waals surface area contributed by atoms with Crippen molar-refractivity contribution in [2.24, 2.45) is 0 Å². The van der Waals surface area contributed by atoms with Gasteiger partial charge in [0.1, 0.15) is 0 Å². The van der Waals surface area contributed by atoms with E-state index in [0.29, 0.717) is 20.6 Å². The SMILES string of the molecule is O=C1CSC(=Cc2ccccc2N2CCNCC2)C(=O)N1c1ccc(Cl)c(Cl)c1. The van der Waals surface area contributed by atoms with E-state index in [2.05, 4.69) is 16.3 Å². The summed E-state index contributed by atoms with van der Waals surface area (Å²) in [7, 11) is 0. The van der Waals surface area contributed by atoms with Crippen LogP contribution in [-0.4, -0.2) is 43.7 Å². The number of imide groups is 1. The van der Waals surface area contributed by atoms with Crippen LogP contribution in [0.15, 0.2) is 47.4 Å². The van der Waals surface area contributed by atoms with Crippen LogP contribution in [0.1, 0.15) is 5.56 Å². The smallest absolute Gasteiger partial charge is 0.271 e. The second kappa shape index (κ2) is 8.79. The molecule has 0 radical (unpaired) electrons. The number of rotatable bonds is 3. The lowest BCUT2D eigenvalue weighted by Gasteiger charge is -2.31. The zero-order chi connectivity index (χ0) is 20.4. The molecule has 8 heteroatoms. The molecule has 0 aromatic heterocycles. The molecule has 0 saturated carbocycles. The van der Waals surface area contributed by atoms with Gasteiger partial charge < -0.3 is 10.2 Å². The molecule has 29 heavy (non-hydrogen) atoms. The predicted molar refractivity (Wildman–Crippen MR) is 121 cm³/mol.